The summed E-state index contributed by atoms with van der Waals surface area (Å²) in [4.78, 5) is 20.3. The summed E-state index contributed by atoms with van der Waals surface area (Å²) in [5.74, 6) is -0.0251. The van der Waals surface area contributed by atoms with Crippen LogP contribution in [0, 0.1) is 6.92 Å². The summed E-state index contributed by atoms with van der Waals surface area (Å²) < 4.78 is 0. The Labute approximate surface area is 181 Å². The van der Waals surface area contributed by atoms with Gasteiger partial charge >= 0.3 is 0 Å². The second-order valence-corrected chi connectivity index (χ2v) is 9.75. The van der Waals surface area contributed by atoms with E-state index in [9.17, 15) is 4.79 Å². The SMILES string of the molecule is Cc1nnc(/N=C2/S/C(=C\c3ccc(Cl)cc3Cl)C(=O)N2C2CCCCC2)s1. The van der Waals surface area contributed by atoms with E-state index in [1.807, 2.05) is 24.0 Å². The fraction of sp³-hybridized carbons (Fsp3) is 0.368. The van der Waals surface area contributed by atoms with E-state index in [1.165, 1.54) is 29.5 Å². The van der Waals surface area contributed by atoms with Crippen LogP contribution in [0.5, 0.6) is 0 Å². The molecule has 0 atom stereocenters. The van der Waals surface area contributed by atoms with Crippen LogP contribution in [-0.2, 0) is 4.79 Å². The molecule has 2 aromatic rings. The Morgan fingerprint density at radius 3 is 2.68 bits per heavy atom. The minimum atomic E-state index is -0.0251. The predicted octanol–water partition coefficient (Wildman–Crippen LogP) is 6.09. The molecule has 28 heavy (non-hydrogen) atoms. The van der Waals surface area contributed by atoms with Gasteiger partial charge in [0, 0.05) is 16.1 Å². The molecule has 4 rings (SSSR count). The third-order valence-electron chi connectivity index (χ3n) is 4.73. The second kappa shape index (κ2) is 8.53. The maximum Gasteiger partial charge on any atom is 0.267 e. The highest BCUT2D eigenvalue weighted by Gasteiger charge is 2.39. The molecular formula is C19H18Cl2N4OS2. The first-order chi connectivity index (χ1) is 13.5. The van der Waals surface area contributed by atoms with Crippen LogP contribution in [0.2, 0.25) is 10.0 Å². The van der Waals surface area contributed by atoms with Crippen molar-refractivity contribution in [2.24, 2.45) is 4.99 Å². The average Bonchev–Trinajstić information content (AvgIpc) is 3.21. The molecule has 1 amide bonds. The van der Waals surface area contributed by atoms with E-state index in [-0.39, 0.29) is 11.9 Å². The Morgan fingerprint density at radius 2 is 2.00 bits per heavy atom. The van der Waals surface area contributed by atoms with Gasteiger partial charge in [-0.15, -0.1) is 10.2 Å². The van der Waals surface area contributed by atoms with Crippen molar-refractivity contribution in [2.45, 2.75) is 45.1 Å². The first-order valence-corrected chi connectivity index (χ1v) is 11.5. The number of halogens is 2. The minimum Gasteiger partial charge on any atom is -0.283 e. The standard InChI is InChI=1S/C19H18Cl2N4OS2/c1-11-23-24-18(27-11)22-19-25(14-5-3-2-4-6-14)17(26)16(28-19)9-12-7-8-13(20)10-15(12)21/h7-10,14H,2-6H2,1H3/b16-9-,22-19+. The number of amidine groups is 1. The molecule has 0 bridgehead atoms. The summed E-state index contributed by atoms with van der Waals surface area (Å²) in [5.41, 5.74) is 0.763. The molecular weight excluding hydrogens is 435 g/mol. The van der Waals surface area contributed by atoms with E-state index >= 15 is 0 Å². The smallest absolute Gasteiger partial charge is 0.267 e. The Morgan fingerprint density at radius 1 is 1.21 bits per heavy atom. The van der Waals surface area contributed by atoms with Crippen LogP contribution in [0.15, 0.2) is 28.1 Å². The summed E-state index contributed by atoms with van der Waals surface area (Å²) in [6.45, 7) is 1.89. The van der Waals surface area contributed by atoms with Crippen molar-refractivity contribution >= 4 is 68.6 Å². The molecule has 1 saturated carbocycles. The number of hydrogen-bond donors (Lipinski definition) is 0. The maximum absolute atomic E-state index is 13.2. The fourth-order valence-corrected chi connectivity index (χ4v) is 5.51. The van der Waals surface area contributed by atoms with Gasteiger partial charge in [-0.25, -0.2) is 0 Å². The van der Waals surface area contributed by atoms with Gasteiger partial charge in [0.2, 0.25) is 5.13 Å². The molecule has 0 spiro atoms. The van der Waals surface area contributed by atoms with Crippen LogP contribution in [-0.4, -0.2) is 32.2 Å². The molecule has 2 aliphatic rings. The Balaban J connectivity index is 1.70. The molecule has 1 aromatic heterocycles. The Bertz CT molecular complexity index is 967. The van der Waals surface area contributed by atoms with Crippen molar-refractivity contribution in [2.75, 3.05) is 0 Å². The van der Waals surface area contributed by atoms with Gasteiger partial charge in [-0.2, -0.15) is 4.99 Å². The zero-order valence-electron chi connectivity index (χ0n) is 15.2. The van der Waals surface area contributed by atoms with Crippen LogP contribution < -0.4 is 0 Å². The van der Waals surface area contributed by atoms with Gasteiger partial charge in [0.15, 0.2) is 5.17 Å². The number of rotatable bonds is 3. The van der Waals surface area contributed by atoms with E-state index in [4.69, 9.17) is 23.2 Å². The molecule has 0 unspecified atom stereocenters. The molecule has 1 saturated heterocycles. The number of aromatic nitrogens is 2. The molecule has 2 fully saturated rings. The van der Waals surface area contributed by atoms with Crippen molar-refractivity contribution in [1.82, 2.24) is 15.1 Å². The zero-order valence-corrected chi connectivity index (χ0v) is 18.3. The molecule has 0 radical (unpaired) electrons. The monoisotopic (exact) mass is 452 g/mol. The number of thioether (sulfide) groups is 1. The third-order valence-corrected chi connectivity index (χ3v) is 7.01. The van der Waals surface area contributed by atoms with Gasteiger partial charge < -0.3 is 0 Å². The van der Waals surface area contributed by atoms with Gasteiger partial charge in [-0.05, 0) is 55.3 Å². The van der Waals surface area contributed by atoms with Crippen molar-refractivity contribution in [3.05, 3.63) is 43.7 Å². The van der Waals surface area contributed by atoms with Crippen LogP contribution in [0.4, 0.5) is 5.13 Å². The van der Waals surface area contributed by atoms with E-state index in [2.05, 4.69) is 15.2 Å². The predicted molar refractivity (Wildman–Crippen MR) is 117 cm³/mol. The van der Waals surface area contributed by atoms with Gasteiger partial charge in [-0.3, -0.25) is 9.69 Å². The number of aliphatic imine (C=N–C) groups is 1. The van der Waals surface area contributed by atoms with Crippen molar-refractivity contribution in [3.63, 3.8) is 0 Å². The number of carbonyl (C=O) groups excluding carboxylic acids is 1. The number of amides is 1. The lowest BCUT2D eigenvalue weighted by Gasteiger charge is -2.30. The quantitative estimate of drug-likeness (QED) is 0.528. The van der Waals surface area contributed by atoms with E-state index in [0.717, 1.165) is 36.3 Å². The van der Waals surface area contributed by atoms with E-state index < -0.39 is 0 Å². The highest BCUT2D eigenvalue weighted by Crippen LogP contribution is 2.39. The molecule has 2 heterocycles. The number of aryl methyl sites for hydroxylation is 1. The highest BCUT2D eigenvalue weighted by atomic mass is 35.5. The van der Waals surface area contributed by atoms with Crippen LogP contribution in [0.25, 0.3) is 6.08 Å². The number of benzene rings is 1. The Kier molecular flexibility index (Phi) is 6.06. The summed E-state index contributed by atoms with van der Waals surface area (Å²) in [7, 11) is 0. The summed E-state index contributed by atoms with van der Waals surface area (Å²) >= 11 is 15.1. The van der Waals surface area contributed by atoms with Crippen LogP contribution >= 0.6 is 46.3 Å². The lowest BCUT2D eigenvalue weighted by Crippen LogP contribution is -2.40. The van der Waals surface area contributed by atoms with Crippen LogP contribution in [0.3, 0.4) is 0 Å². The summed E-state index contributed by atoms with van der Waals surface area (Å²) in [5, 5.41) is 11.3. The molecule has 1 aliphatic carbocycles. The van der Waals surface area contributed by atoms with Crippen LogP contribution in [0.1, 0.15) is 42.7 Å². The maximum atomic E-state index is 13.2. The highest BCUT2D eigenvalue weighted by molar-refractivity contribution is 8.18. The average molecular weight is 453 g/mol. The van der Waals surface area contributed by atoms with Crippen molar-refractivity contribution in [3.8, 4) is 0 Å². The van der Waals surface area contributed by atoms with Crippen molar-refractivity contribution < 1.29 is 4.79 Å². The third kappa shape index (κ3) is 4.27. The molecule has 5 nitrogen and oxygen atoms in total. The van der Waals surface area contributed by atoms with Gasteiger partial charge in [0.05, 0.1) is 4.91 Å². The zero-order chi connectivity index (χ0) is 19.7. The summed E-state index contributed by atoms with van der Waals surface area (Å²) in [6, 6.07) is 5.44. The molecule has 1 aromatic carbocycles. The number of nitrogens with zero attached hydrogens (tertiary/aromatic N) is 4. The van der Waals surface area contributed by atoms with E-state index in [0.29, 0.717) is 25.2 Å². The lowest BCUT2D eigenvalue weighted by atomic mass is 9.94. The first kappa shape index (κ1) is 19.9. The number of carbonyl (C=O) groups is 1. The normalized spacial score (nSPS) is 21.2. The van der Waals surface area contributed by atoms with Gasteiger partial charge in [0.1, 0.15) is 5.01 Å². The lowest BCUT2D eigenvalue weighted by molar-refractivity contribution is -0.124. The fourth-order valence-electron chi connectivity index (χ4n) is 3.40. The molecule has 0 N–H and O–H groups in total. The van der Waals surface area contributed by atoms with Crippen molar-refractivity contribution in [1.29, 1.82) is 0 Å². The molecule has 146 valence electrons. The van der Waals surface area contributed by atoms with Gasteiger partial charge in [-0.1, -0.05) is 59.9 Å². The topological polar surface area (TPSA) is 58.5 Å². The first-order valence-electron chi connectivity index (χ1n) is 9.08. The van der Waals surface area contributed by atoms with E-state index in [1.54, 1.807) is 12.1 Å². The Hall–Kier alpha value is -1.41. The molecule has 1 aliphatic heterocycles. The number of hydrogen-bond acceptors (Lipinski definition) is 6. The largest absolute Gasteiger partial charge is 0.283 e. The minimum absolute atomic E-state index is 0.0251. The summed E-state index contributed by atoms with van der Waals surface area (Å²) in [6.07, 6.45) is 7.29. The van der Waals surface area contributed by atoms with Gasteiger partial charge in [0.25, 0.3) is 5.91 Å². The molecule has 9 heteroatoms. The second-order valence-electron chi connectivity index (χ2n) is 6.74.